The summed E-state index contributed by atoms with van der Waals surface area (Å²) in [6.45, 7) is 4.45. The van der Waals surface area contributed by atoms with Gasteiger partial charge in [-0.25, -0.2) is 4.98 Å². The van der Waals surface area contributed by atoms with E-state index in [-0.39, 0.29) is 32.2 Å². The molecule has 0 aliphatic heterocycles. The predicted molar refractivity (Wildman–Crippen MR) is 153 cm³/mol. The van der Waals surface area contributed by atoms with Crippen molar-refractivity contribution in [2.24, 2.45) is 0 Å². The maximum atomic E-state index is 10.3. The molecular formula is C33H25N2OPtS-. The molecule has 5 heteroatoms. The Hall–Kier alpha value is -3.59. The van der Waals surface area contributed by atoms with Crippen molar-refractivity contribution in [1.82, 2.24) is 9.97 Å². The van der Waals surface area contributed by atoms with E-state index in [4.69, 9.17) is 9.97 Å². The fourth-order valence-electron chi connectivity index (χ4n) is 4.66. The van der Waals surface area contributed by atoms with Crippen molar-refractivity contribution in [3.8, 4) is 38.7 Å². The molecule has 0 fully saturated rings. The molecule has 0 aliphatic rings. The quantitative estimate of drug-likeness (QED) is 0.184. The molecule has 190 valence electrons. The summed E-state index contributed by atoms with van der Waals surface area (Å²) in [6, 6.07) is 38.0. The first kappa shape index (κ1) is 26.0. The number of para-hydroxylation sites is 2. The van der Waals surface area contributed by atoms with Crippen LogP contribution in [0.1, 0.15) is 25.0 Å². The summed E-state index contributed by atoms with van der Waals surface area (Å²) in [5.74, 6) is 0.238. The van der Waals surface area contributed by atoms with Gasteiger partial charge in [0, 0.05) is 43.1 Å². The Morgan fingerprint density at radius 2 is 1.42 bits per heavy atom. The van der Waals surface area contributed by atoms with Crippen LogP contribution in [0, 0.1) is 6.07 Å². The first-order valence-corrected chi connectivity index (χ1v) is 13.1. The molecule has 0 saturated carbocycles. The van der Waals surface area contributed by atoms with Gasteiger partial charge in [0.05, 0.1) is 11.1 Å². The van der Waals surface area contributed by atoms with Crippen LogP contribution in [-0.2, 0) is 26.5 Å². The number of hydrogen-bond acceptors (Lipinski definition) is 4. The Labute approximate surface area is 241 Å². The number of pyridine rings is 1. The molecule has 6 aromatic rings. The summed E-state index contributed by atoms with van der Waals surface area (Å²) in [4.78, 5) is 9.73. The van der Waals surface area contributed by atoms with Crippen LogP contribution in [0.4, 0.5) is 0 Å². The molecular weight excluding hydrogens is 668 g/mol. The number of phenolic OH excluding ortho intramolecular Hbond substituents is 1. The number of rotatable bonds is 5. The molecule has 0 saturated heterocycles. The first-order valence-electron chi connectivity index (χ1n) is 12.2. The average molecular weight is 693 g/mol. The number of benzene rings is 4. The number of hydrogen-bond donors (Lipinski definition) is 1. The largest absolute Gasteiger partial charge is 0.507 e. The molecule has 2 aromatic heterocycles. The standard InChI is InChI=1S/C33H25N2OS.Pt/c1-33(2,24-12-4-3-5-13-24)25-18-19-28(34-21-25)23-11-8-10-22(20-23)26-15-9-17-30-31(26)35-32(37-30)27-14-6-7-16-29(27)36;/h3-19,21,36H,1-2H3;/q-1;. The van der Waals surface area contributed by atoms with E-state index >= 15 is 0 Å². The van der Waals surface area contributed by atoms with Crippen LogP contribution >= 0.6 is 11.3 Å². The molecule has 0 aliphatic carbocycles. The normalized spacial score (nSPS) is 11.3. The van der Waals surface area contributed by atoms with Crippen molar-refractivity contribution < 1.29 is 26.2 Å². The maximum Gasteiger partial charge on any atom is 0.127 e. The molecule has 1 N–H and O–H groups in total. The Morgan fingerprint density at radius 3 is 2.18 bits per heavy atom. The molecule has 0 atom stereocenters. The van der Waals surface area contributed by atoms with E-state index < -0.39 is 0 Å². The van der Waals surface area contributed by atoms with Crippen molar-refractivity contribution >= 4 is 21.6 Å². The van der Waals surface area contributed by atoms with Crippen molar-refractivity contribution in [1.29, 1.82) is 0 Å². The minimum atomic E-state index is -0.135. The minimum absolute atomic E-state index is 0. The van der Waals surface area contributed by atoms with E-state index in [1.165, 1.54) is 11.1 Å². The first-order chi connectivity index (χ1) is 18.0. The minimum Gasteiger partial charge on any atom is -0.507 e. The fraction of sp³-hybridized carbons (Fsp3) is 0.0909. The van der Waals surface area contributed by atoms with Crippen LogP contribution in [0.15, 0.2) is 109 Å². The molecule has 2 heterocycles. The predicted octanol–water partition coefficient (Wildman–Crippen LogP) is 8.52. The van der Waals surface area contributed by atoms with Gasteiger partial charge < -0.3 is 5.11 Å². The second-order valence-electron chi connectivity index (χ2n) is 9.59. The number of thiazole rings is 1. The molecule has 38 heavy (non-hydrogen) atoms. The van der Waals surface area contributed by atoms with Crippen LogP contribution < -0.4 is 0 Å². The van der Waals surface area contributed by atoms with Gasteiger partial charge in [-0.3, -0.25) is 4.98 Å². The molecule has 0 spiro atoms. The Morgan fingerprint density at radius 1 is 0.711 bits per heavy atom. The van der Waals surface area contributed by atoms with E-state index in [2.05, 4.69) is 74.5 Å². The van der Waals surface area contributed by atoms with Gasteiger partial charge in [0.25, 0.3) is 0 Å². The van der Waals surface area contributed by atoms with Gasteiger partial charge in [-0.05, 0) is 29.3 Å². The van der Waals surface area contributed by atoms with Gasteiger partial charge >= 0.3 is 0 Å². The number of fused-ring (bicyclic) bond motifs is 1. The fourth-order valence-corrected chi connectivity index (χ4v) is 5.68. The van der Waals surface area contributed by atoms with Gasteiger partial charge in [-0.1, -0.05) is 91.7 Å². The van der Waals surface area contributed by atoms with Crippen molar-refractivity contribution in [3.63, 3.8) is 0 Å². The van der Waals surface area contributed by atoms with Gasteiger partial charge in [0.1, 0.15) is 10.8 Å². The number of aromatic nitrogens is 2. The van der Waals surface area contributed by atoms with Gasteiger partial charge in [0.2, 0.25) is 0 Å². The zero-order valence-electron chi connectivity index (χ0n) is 21.0. The molecule has 0 amide bonds. The van der Waals surface area contributed by atoms with Crippen molar-refractivity contribution in [2.75, 3.05) is 0 Å². The van der Waals surface area contributed by atoms with Crippen LogP contribution in [0.5, 0.6) is 5.75 Å². The van der Waals surface area contributed by atoms with Crippen molar-refractivity contribution in [3.05, 3.63) is 127 Å². The van der Waals surface area contributed by atoms with Crippen LogP contribution in [-0.4, -0.2) is 15.1 Å². The maximum absolute atomic E-state index is 10.3. The van der Waals surface area contributed by atoms with Crippen LogP contribution in [0.2, 0.25) is 0 Å². The summed E-state index contributed by atoms with van der Waals surface area (Å²) in [6.07, 6.45) is 1.97. The van der Waals surface area contributed by atoms with Gasteiger partial charge in [0.15, 0.2) is 0 Å². The average Bonchev–Trinajstić information content (AvgIpc) is 3.38. The van der Waals surface area contributed by atoms with E-state index in [1.54, 1.807) is 17.4 Å². The number of phenols is 1. The van der Waals surface area contributed by atoms with E-state index in [0.29, 0.717) is 0 Å². The molecule has 0 unspecified atom stereocenters. The topological polar surface area (TPSA) is 46.0 Å². The zero-order chi connectivity index (χ0) is 25.4. The molecule has 0 bridgehead atoms. The van der Waals surface area contributed by atoms with Gasteiger partial charge in [-0.2, -0.15) is 0 Å². The smallest absolute Gasteiger partial charge is 0.127 e. The Bertz CT molecular complexity index is 1710. The monoisotopic (exact) mass is 692 g/mol. The van der Waals surface area contributed by atoms with Crippen molar-refractivity contribution in [2.45, 2.75) is 19.3 Å². The summed E-state index contributed by atoms with van der Waals surface area (Å²) in [5.41, 5.74) is 7.75. The van der Waals surface area contributed by atoms with Crippen LogP contribution in [0.3, 0.4) is 0 Å². The molecule has 4 aromatic carbocycles. The third-order valence-corrected chi connectivity index (χ3v) is 7.95. The molecule has 0 radical (unpaired) electrons. The SMILES string of the molecule is CC(C)(c1ccccc1)c1ccc(-c2[c-]c(-c3cccc4sc(-c5ccccc5O)nc34)ccc2)nc1.[Pt]. The number of nitrogens with zero attached hydrogens (tertiary/aromatic N) is 2. The molecule has 3 nitrogen and oxygen atoms in total. The molecule has 6 rings (SSSR count). The second kappa shape index (κ2) is 10.6. The zero-order valence-corrected chi connectivity index (χ0v) is 24.0. The summed E-state index contributed by atoms with van der Waals surface area (Å²) >= 11 is 1.58. The summed E-state index contributed by atoms with van der Waals surface area (Å²) in [7, 11) is 0. The summed E-state index contributed by atoms with van der Waals surface area (Å²) < 4.78 is 1.07. The van der Waals surface area contributed by atoms with Crippen LogP contribution in [0.25, 0.3) is 43.2 Å². The van der Waals surface area contributed by atoms with E-state index in [1.807, 2.05) is 48.7 Å². The van der Waals surface area contributed by atoms with E-state index in [0.717, 1.165) is 43.2 Å². The Balaban J connectivity index is 0.00000294. The third-order valence-electron chi connectivity index (χ3n) is 6.90. The van der Waals surface area contributed by atoms with E-state index in [9.17, 15) is 5.11 Å². The second-order valence-corrected chi connectivity index (χ2v) is 10.6. The van der Waals surface area contributed by atoms with Gasteiger partial charge in [-0.15, -0.1) is 41.2 Å². The number of aromatic hydroxyl groups is 1. The Kier molecular flexibility index (Phi) is 7.29. The third kappa shape index (κ3) is 4.82. The summed E-state index contributed by atoms with van der Waals surface area (Å²) in [5, 5.41) is 11.1.